The van der Waals surface area contributed by atoms with Crippen molar-refractivity contribution in [2.75, 3.05) is 11.9 Å². The summed E-state index contributed by atoms with van der Waals surface area (Å²) in [7, 11) is 0. The van der Waals surface area contributed by atoms with E-state index in [1.54, 1.807) is 41.5 Å². The highest BCUT2D eigenvalue weighted by Crippen LogP contribution is 2.43. The number of carbonyl (C=O) groups is 3. The van der Waals surface area contributed by atoms with Gasteiger partial charge in [0.2, 0.25) is 0 Å². The quantitative estimate of drug-likeness (QED) is 0.744. The van der Waals surface area contributed by atoms with Gasteiger partial charge in [0.25, 0.3) is 5.91 Å². The first-order valence-corrected chi connectivity index (χ1v) is 10.4. The molecule has 0 aliphatic carbocycles. The van der Waals surface area contributed by atoms with Crippen molar-refractivity contribution < 1.29 is 23.9 Å². The second-order valence-electron chi connectivity index (χ2n) is 8.91. The molecule has 2 aromatic heterocycles. The van der Waals surface area contributed by atoms with E-state index in [4.69, 9.17) is 14.7 Å². The Balaban J connectivity index is 2.00. The number of nitrogens with one attached hydrogen (secondary N) is 1. The lowest BCUT2D eigenvalue weighted by Gasteiger charge is -2.34. The Hall–Kier alpha value is -3.94. The number of nitriles is 1. The summed E-state index contributed by atoms with van der Waals surface area (Å²) in [5.74, 6) is -0.474. The lowest BCUT2D eigenvalue weighted by Crippen LogP contribution is -2.44. The number of anilines is 1. The lowest BCUT2D eigenvalue weighted by atomic mass is 10.0. The van der Waals surface area contributed by atoms with E-state index in [9.17, 15) is 14.4 Å². The normalized spacial score (nSPS) is 14.3. The van der Waals surface area contributed by atoms with Crippen LogP contribution in [0.3, 0.4) is 0 Å². The molecule has 174 valence electrons. The van der Waals surface area contributed by atoms with Crippen LogP contribution < -0.4 is 5.32 Å². The van der Waals surface area contributed by atoms with Crippen molar-refractivity contribution in [2.45, 2.75) is 59.2 Å². The maximum atomic E-state index is 12.9. The van der Waals surface area contributed by atoms with Gasteiger partial charge in [-0.2, -0.15) is 9.94 Å². The van der Waals surface area contributed by atoms with Gasteiger partial charge in [-0.15, -0.1) is 5.10 Å². The van der Waals surface area contributed by atoms with Gasteiger partial charge in [0.05, 0.1) is 29.9 Å². The average molecular weight is 454 g/mol. The predicted octanol–water partition coefficient (Wildman–Crippen LogP) is 3.39. The zero-order valence-electron chi connectivity index (χ0n) is 19.4. The van der Waals surface area contributed by atoms with Crippen LogP contribution in [-0.2, 0) is 21.6 Å². The summed E-state index contributed by atoms with van der Waals surface area (Å²) < 4.78 is 11.7. The standard InChI is InChI=1S/C22H26N6O5/c1-7-32-20(31)28-16-14(12-27(22(16,5)6)19(30)33-21(2,3)4)17(26-28)25-18(29)15-9-8-13(10-23)11-24-15/h8-9,11H,7,12H2,1-6H3,(H,25,26,29). The fourth-order valence-corrected chi connectivity index (χ4v) is 3.50. The first-order chi connectivity index (χ1) is 15.4. The smallest absolute Gasteiger partial charge is 0.435 e. The van der Waals surface area contributed by atoms with Crippen LogP contribution in [0.2, 0.25) is 0 Å². The third-order valence-corrected chi connectivity index (χ3v) is 4.97. The molecule has 0 bridgehead atoms. The van der Waals surface area contributed by atoms with E-state index in [0.717, 1.165) is 4.68 Å². The van der Waals surface area contributed by atoms with Crippen LogP contribution in [0.15, 0.2) is 18.3 Å². The summed E-state index contributed by atoms with van der Waals surface area (Å²) in [4.78, 5) is 43.7. The maximum absolute atomic E-state index is 12.9. The summed E-state index contributed by atoms with van der Waals surface area (Å²) in [5.41, 5.74) is -0.417. The number of rotatable bonds is 3. The first-order valence-electron chi connectivity index (χ1n) is 10.4. The van der Waals surface area contributed by atoms with Gasteiger partial charge in [-0.3, -0.25) is 9.69 Å². The van der Waals surface area contributed by atoms with Crippen LogP contribution in [0.25, 0.3) is 0 Å². The largest absolute Gasteiger partial charge is 0.448 e. The zero-order valence-corrected chi connectivity index (χ0v) is 19.4. The minimum Gasteiger partial charge on any atom is -0.448 e. The number of amides is 2. The van der Waals surface area contributed by atoms with E-state index in [1.807, 2.05) is 6.07 Å². The Morgan fingerprint density at radius 3 is 2.48 bits per heavy atom. The number of nitrogens with zero attached hydrogens (tertiary/aromatic N) is 5. The van der Waals surface area contributed by atoms with Crippen molar-refractivity contribution in [3.63, 3.8) is 0 Å². The third-order valence-electron chi connectivity index (χ3n) is 4.97. The molecule has 0 saturated heterocycles. The van der Waals surface area contributed by atoms with E-state index >= 15 is 0 Å². The van der Waals surface area contributed by atoms with Gasteiger partial charge in [0, 0.05) is 11.8 Å². The highest BCUT2D eigenvalue weighted by atomic mass is 16.6. The summed E-state index contributed by atoms with van der Waals surface area (Å²) in [6.45, 7) is 10.7. The Kier molecular flexibility index (Phi) is 6.14. The van der Waals surface area contributed by atoms with Crippen molar-refractivity contribution >= 4 is 23.9 Å². The van der Waals surface area contributed by atoms with E-state index in [1.165, 1.54) is 23.2 Å². The topological polar surface area (TPSA) is 139 Å². The number of hydrogen-bond donors (Lipinski definition) is 1. The van der Waals surface area contributed by atoms with Crippen LogP contribution in [-0.4, -0.2) is 50.0 Å². The van der Waals surface area contributed by atoms with E-state index in [2.05, 4.69) is 15.4 Å². The molecule has 3 rings (SSSR count). The fourth-order valence-electron chi connectivity index (χ4n) is 3.50. The number of ether oxygens (including phenoxy) is 2. The molecule has 11 nitrogen and oxygen atoms in total. The summed E-state index contributed by atoms with van der Waals surface area (Å²) in [6, 6.07) is 4.81. The molecule has 3 heterocycles. The molecule has 0 fully saturated rings. The molecule has 0 atom stereocenters. The van der Waals surface area contributed by atoms with Gasteiger partial charge in [-0.05, 0) is 53.7 Å². The molecule has 2 aromatic rings. The van der Waals surface area contributed by atoms with Crippen LogP contribution in [0.1, 0.15) is 68.9 Å². The minimum atomic E-state index is -0.979. The Morgan fingerprint density at radius 1 is 1.24 bits per heavy atom. The molecular formula is C22H26N6O5. The highest BCUT2D eigenvalue weighted by Gasteiger charge is 2.48. The number of pyridine rings is 1. The SMILES string of the molecule is CCOC(=O)n1nc(NC(=O)c2ccc(C#N)cn2)c2c1C(C)(C)N(C(=O)OC(C)(C)C)C2. The van der Waals surface area contributed by atoms with E-state index < -0.39 is 29.2 Å². The van der Waals surface area contributed by atoms with Crippen molar-refractivity contribution in [2.24, 2.45) is 0 Å². The van der Waals surface area contributed by atoms with Crippen molar-refractivity contribution in [1.29, 1.82) is 5.26 Å². The molecule has 0 spiro atoms. The molecule has 1 aliphatic heterocycles. The number of aromatic nitrogens is 3. The molecule has 0 radical (unpaired) electrons. The molecule has 1 aliphatic rings. The molecule has 33 heavy (non-hydrogen) atoms. The summed E-state index contributed by atoms with van der Waals surface area (Å²) >= 11 is 0. The summed E-state index contributed by atoms with van der Waals surface area (Å²) in [5, 5.41) is 15.8. The lowest BCUT2D eigenvalue weighted by molar-refractivity contribution is 0.00388. The van der Waals surface area contributed by atoms with Gasteiger partial charge in [0.15, 0.2) is 5.82 Å². The van der Waals surface area contributed by atoms with Gasteiger partial charge in [-0.25, -0.2) is 14.6 Å². The number of hydrogen-bond acceptors (Lipinski definition) is 8. The fraction of sp³-hybridized carbons (Fsp3) is 0.455. The van der Waals surface area contributed by atoms with Crippen LogP contribution in [0.4, 0.5) is 15.4 Å². The zero-order chi connectivity index (χ0) is 24.6. The second kappa shape index (κ2) is 8.54. The van der Waals surface area contributed by atoms with Gasteiger partial charge in [0.1, 0.15) is 17.4 Å². The first kappa shape index (κ1) is 23.7. The van der Waals surface area contributed by atoms with Crippen molar-refractivity contribution in [3.8, 4) is 6.07 Å². The molecule has 1 N–H and O–H groups in total. The Bertz CT molecular complexity index is 1140. The van der Waals surface area contributed by atoms with Gasteiger partial charge in [-0.1, -0.05) is 0 Å². The molecular weight excluding hydrogens is 428 g/mol. The van der Waals surface area contributed by atoms with Crippen LogP contribution in [0.5, 0.6) is 0 Å². The number of carbonyl (C=O) groups excluding carboxylic acids is 3. The molecule has 0 saturated carbocycles. The summed E-state index contributed by atoms with van der Waals surface area (Å²) in [6.07, 6.45) is -0.0146. The predicted molar refractivity (Wildman–Crippen MR) is 116 cm³/mol. The molecule has 11 heteroatoms. The van der Waals surface area contributed by atoms with Gasteiger partial charge >= 0.3 is 12.2 Å². The Labute approximate surface area is 191 Å². The van der Waals surface area contributed by atoms with E-state index in [-0.39, 0.29) is 24.7 Å². The molecule has 0 unspecified atom stereocenters. The highest BCUT2D eigenvalue weighted by molar-refractivity contribution is 6.03. The van der Waals surface area contributed by atoms with Gasteiger partial charge < -0.3 is 14.8 Å². The Morgan fingerprint density at radius 2 is 1.94 bits per heavy atom. The van der Waals surface area contributed by atoms with E-state index in [0.29, 0.717) is 16.8 Å². The maximum Gasteiger partial charge on any atom is 0.435 e. The van der Waals surface area contributed by atoms with Crippen molar-refractivity contribution in [3.05, 3.63) is 40.8 Å². The minimum absolute atomic E-state index is 0.0626. The third kappa shape index (κ3) is 4.64. The molecule has 0 aromatic carbocycles. The number of fused-ring (bicyclic) bond motifs is 1. The van der Waals surface area contributed by atoms with Crippen LogP contribution in [0, 0.1) is 11.3 Å². The molecule has 2 amide bonds. The average Bonchev–Trinajstić information content (AvgIpc) is 3.22. The van der Waals surface area contributed by atoms with Crippen LogP contribution >= 0.6 is 0 Å². The monoisotopic (exact) mass is 454 g/mol. The second-order valence-corrected chi connectivity index (χ2v) is 8.91. The van der Waals surface area contributed by atoms with Crippen molar-refractivity contribution in [1.82, 2.24) is 19.7 Å².